The van der Waals surface area contributed by atoms with Crippen molar-refractivity contribution in [1.29, 1.82) is 0 Å². The van der Waals surface area contributed by atoms with Crippen LogP contribution >= 0.6 is 0 Å². The fraction of sp³-hybridized carbons (Fsp3) is 0.214. The maximum atomic E-state index is 5.14. The first-order valence-corrected chi connectivity index (χ1v) is 5.61. The zero-order chi connectivity index (χ0) is 10.8. The minimum absolute atomic E-state index is 0.747. The van der Waals surface area contributed by atoms with Gasteiger partial charge in [0.25, 0.3) is 0 Å². The Morgan fingerprint density at radius 2 is 1.88 bits per heavy atom. The Bertz CT molecular complexity index is 545. The highest BCUT2D eigenvalue weighted by Crippen LogP contribution is 2.18. The number of oxime groups is 1. The summed E-state index contributed by atoms with van der Waals surface area (Å²) in [5.74, 6) is 0. The number of rotatable bonds is 1. The molecule has 2 heteroatoms. The Morgan fingerprint density at radius 3 is 2.69 bits per heavy atom. The topological polar surface area (TPSA) is 21.6 Å². The molecule has 1 heterocycles. The van der Waals surface area contributed by atoms with Gasteiger partial charge in [-0.1, -0.05) is 41.6 Å². The van der Waals surface area contributed by atoms with E-state index in [0.29, 0.717) is 0 Å². The van der Waals surface area contributed by atoms with Gasteiger partial charge in [0.05, 0.1) is 5.71 Å². The van der Waals surface area contributed by atoms with Gasteiger partial charge in [0.2, 0.25) is 0 Å². The van der Waals surface area contributed by atoms with Crippen LogP contribution in [0.3, 0.4) is 0 Å². The van der Waals surface area contributed by atoms with Gasteiger partial charge in [-0.3, -0.25) is 0 Å². The molecule has 0 saturated heterocycles. The summed E-state index contributed by atoms with van der Waals surface area (Å²) in [6.07, 6.45) is 2.07. The lowest BCUT2D eigenvalue weighted by Gasteiger charge is -2.12. The summed E-state index contributed by atoms with van der Waals surface area (Å²) >= 11 is 0. The fourth-order valence-electron chi connectivity index (χ4n) is 2.04. The summed E-state index contributed by atoms with van der Waals surface area (Å²) in [6.45, 7) is 0.747. The number of hydrogen-bond acceptors (Lipinski definition) is 2. The molecule has 0 N–H and O–H groups in total. The molecule has 2 nitrogen and oxygen atoms in total. The van der Waals surface area contributed by atoms with E-state index in [4.69, 9.17) is 4.84 Å². The maximum Gasteiger partial charge on any atom is 0.117 e. The summed E-state index contributed by atoms with van der Waals surface area (Å²) in [5, 5.41) is 6.65. The van der Waals surface area contributed by atoms with Gasteiger partial charge in [0.15, 0.2) is 0 Å². The molecule has 1 aliphatic rings. The first-order chi connectivity index (χ1) is 7.93. The second kappa shape index (κ2) is 3.97. The van der Waals surface area contributed by atoms with Crippen LogP contribution in [0.15, 0.2) is 47.6 Å². The Balaban J connectivity index is 2.07. The summed E-state index contributed by atoms with van der Waals surface area (Å²) < 4.78 is 0. The average molecular weight is 211 g/mol. The molecule has 2 aromatic carbocycles. The van der Waals surface area contributed by atoms with Crippen LogP contribution in [0, 0.1) is 0 Å². The van der Waals surface area contributed by atoms with Gasteiger partial charge in [-0.05, 0) is 35.2 Å². The molecule has 0 aliphatic carbocycles. The van der Waals surface area contributed by atoms with Gasteiger partial charge < -0.3 is 4.84 Å². The van der Waals surface area contributed by atoms with Crippen LogP contribution in [0.2, 0.25) is 0 Å². The largest absolute Gasteiger partial charge is 0.396 e. The predicted octanol–water partition coefficient (Wildman–Crippen LogP) is 3.35. The molecular weight excluding hydrogens is 198 g/mol. The fourth-order valence-corrected chi connectivity index (χ4v) is 2.04. The average Bonchev–Trinajstić information content (AvgIpc) is 2.39. The van der Waals surface area contributed by atoms with Crippen molar-refractivity contribution in [2.45, 2.75) is 12.8 Å². The lowest BCUT2D eigenvalue weighted by molar-refractivity contribution is 0.132. The molecule has 3 rings (SSSR count). The van der Waals surface area contributed by atoms with Crippen molar-refractivity contribution in [3.8, 4) is 0 Å². The molecule has 0 atom stereocenters. The third kappa shape index (κ3) is 1.67. The second-order valence-electron chi connectivity index (χ2n) is 4.04. The molecule has 0 fully saturated rings. The molecule has 16 heavy (non-hydrogen) atoms. The quantitative estimate of drug-likeness (QED) is 0.708. The van der Waals surface area contributed by atoms with Gasteiger partial charge in [0.1, 0.15) is 6.61 Å². The van der Waals surface area contributed by atoms with Gasteiger partial charge >= 0.3 is 0 Å². The number of hydrogen-bond donors (Lipinski definition) is 0. The van der Waals surface area contributed by atoms with E-state index in [1.165, 1.54) is 16.3 Å². The minimum atomic E-state index is 0.747. The van der Waals surface area contributed by atoms with Crippen LogP contribution in [-0.4, -0.2) is 12.3 Å². The Kier molecular flexibility index (Phi) is 2.33. The van der Waals surface area contributed by atoms with Crippen molar-refractivity contribution in [3.63, 3.8) is 0 Å². The molecule has 80 valence electrons. The molecule has 0 bridgehead atoms. The summed E-state index contributed by atoms with van der Waals surface area (Å²) in [5.41, 5.74) is 2.25. The minimum Gasteiger partial charge on any atom is -0.396 e. The molecule has 0 amide bonds. The Morgan fingerprint density at radius 1 is 1.00 bits per heavy atom. The molecule has 1 aliphatic heterocycles. The van der Waals surface area contributed by atoms with E-state index >= 15 is 0 Å². The van der Waals surface area contributed by atoms with E-state index in [1.54, 1.807) is 0 Å². The number of nitrogens with zero attached hydrogens (tertiary/aromatic N) is 1. The van der Waals surface area contributed by atoms with E-state index in [2.05, 4.69) is 47.6 Å². The van der Waals surface area contributed by atoms with Crippen molar-refractivity contribution in [2.75, 3.05) is 6.61 Å². The number of fused-ring (bicyclic) bond motifs is 1. The second-order valence-corrected chi connectivity index (χ2v) is 4.04. The van der Waals surface area contributed by atoms with Crippen LogP contribution in [0.4, 0.5) is 0 Å². The highest BCUT2D eigenvalue weighted by atomic mass is 16.6. The van der Waals surface area contributed by atoms with E-state index < -0.39 is 0 Å². The van der Waals surface area contributed by atoms with Crippen molar-refractivity contribution >= 4 is 16.5 Å². The van der Waals surface area contributed by atoms with Crippen LogP contribution in [-0.2, 0) is 4.84 Å². The molecule has 0 spiro atoms. The Labute approximate surface area is 94.5 Å². The van der Waals surface area contributed by atoms with Crippen molar-refractivity contribution in [2.24, 2.45) is 5.16 Å². The Hall–Kier alpha value is -1.83. The third-order valence-electron chi connectivity index (χ3n) is 2.91. The predicted molar refractivity (Wildman–Crippen MR) is 65.7 cm³/mol. The molecule has 0 saturated carbocycles. The molecule has 0 unspecified atom stereocenters. The highest BCUT2D eigenvalue weighted by Gasteiger charge is 2.09. The van der Waals surface area contributed by atoms with Crippen LogP contribution in [0.1, 0.15) is 18.4 Å². The van der Waals surface area contributed by atoms with E-state index in [0.717, 1.165) is 25.2 Å². The monoisotopic (exact) mass is 211 g/mol. The standard InChI is InChI=1S/C14H13NO/c1-2-5-12-10-13(8-7-11(12)4-1)14-6-3-9-16-15-14/h1-2,4-5,7-8,10H,3,6,9H2. The van der Waals surface area contributed by atoms with Gasteiger partial charge in [-0.15, -0.1) is 0 Å². The van der Waals surface area contributed by atoms with Crippen LogP contribution in [0.25, 0.3) is 10.8 Å². The van der Waals surface area contributed by atoms with E-state index in [9.17, 15) is 0 Å². The van der Waals surface area contributed by atoms with Crippen molar-refractivity contribution < 1.29 is 4.84 Å². The van der Waals surface area contributed by atoms with Gasteiger partial charge in [-0.25, -0.2) is 0 Å². The molecule has 0 aromatic heterocycles. The van der Waals surface area contributed by atoms with E-state index in [-0.39, 0.29) is 0 Å². The zero-order valence-corrected chi connectivity index (χ0v) is 9.02. The van der Waals surface area contributed by atoms with E-state index in [1.807, 2.05) is 0 Å². The SMILES string of the molecule is c1ccc2cc(C3=NOCCC3)ccc2c1. The smallest absolute Gasteiger partial charge is 0.117 e. The lowest BCUT2D eigenvalue weighted by Crippen LogP contribution is -2.09. The van der Waals surface area contributed by atoms with Crippen LogP contribution < -0.4 is 0 Å². The normalized spacial score (nSPS) is 15.6. The molecule has 0 radical (unpaired) electrons. The van der Waals surface area contributed by atoms with Crippen molar-refractivity contribution in [3.05, 3.63) is 48.0 Å². The molecule has 2 aromatic rings. The molecular formula is C14H13NO. The van der Waals surface area contributed by atoms with Crippen molar-refractivity contribution in [1.82, 2.24) is 0 Å². The first kappa shape index (κ1) is 9.40. The summed E-state index contributed by atoms with van der Waals surface area (Å²) in [7, 11) is 0. The summed E-state index contributed by atoms with van der Waals surface area (Å²) in [4.78, 5) is 5.14. The maximum absolute atomic E-state index is 5.14. The third-order valence-corrected chi connectivity index (χ3v) is 2.91. The van der Waals surface area contributed by atoms with Crippen LogP contribution in [0.5, 0.6) is 0 Å². The zero-order valence-electron chi connectivity index (χ0n) is 9.02. The first-order valence-electron chi connectivity index (χ1n) is 5.61. The number of benzene rings is 2. The van der Waals surface area contributed by atoms with Gasteiger partial charge in [-0.2, -0.15) is 0 Å². The summed E-state index contributed by atoms with van der Waals surface area (Å²) in [6, 6.07) is 14.8. The van der Waals surface area contributed by atoms with Gasteiger partial charge in [0, 0.05) is 0 Å². The lowest BCUT2D eigenvalue weighted by atomic mass is 10.0. The highest BCUT2D eigenvalue weighted by molar-refractivity contribution is 6.03.